The number of amides is 1. The summed E-state index contributed by atoms with van der Waals surface area (Å²) < 4.78 is 25.9. The van der Waals surface area contributed by atoms with E-state index in [1.807, 2.05) is 31.2 Å². The van der Waals surface area contributed by atoms with Gasteiger partial charge in [0.2, 0.25) is 15.9 Å². The number of hydrogen-bond donors (Lipinski definition) is 0. The largest absolute Gasteiger partial charge is 0.312 e. The van der Waals surface area contributed by atoms with Crippen LogP contribution in [0, 0.1) is 6.92 Å². The van der Waals surface area contributed by atoms with Gasteiger partial charge in [0.15, 0.2) is 0 Å². The van der Waals surface area contributed by atoms with E-state index in [0.29, 0.717) is 13.0 Å². The Morgan fingerprint density at radius 3 is 2.46 bits per heavy atom. The molecule has 5 nitrogen and oxygen atoms in total. The van der Waals surface area contributed by atoms with E-state index in [1.54, 1.807) is 23.1 Å². The van der Waals surface area contributed by atoms with Gasteiger partial charge in [-0.2, -0.15) is 0 Å². The zero-order valence-corrected chi connectivity index (χ0v) is 16.2. The summed E-state index contributed by atoms with van der Waals surface area (Å²) in [5, 5.41) is 0. The van der Waals surface area contributed by atoms with Crippen molar-refractivity contribution in [2.75, 3.05) is 25.5 Å². The summed E-state index contributed by atoms with van der Waals surface area (Å²) in [6.45, 7) is 2.68. The van der Waals surface area contributed by atoms with E-state index in [0.717, 1.165) is 29.7 Å². The van der Waals surface area contributed by atoms with E-state index >= 15 is 0 Å². The summed E-state index contributed by atoms with van der Waals surface area (Å²) in [5.41, 5.74) is 3.89. The molecule has 0 fully saturated rings. The molecular formula is C20H24N2O3S. The van der Waals surface area contributed by atoms with Gasteiger partial charge in [0.1, 0.15) is 0 Å². The van der Waals surface area contributed by atoms with E-state index in [4.69, 9.17) is 0 Å². The summed E-state index contributed by atoms with van der Waals surface area (Å²) >= 11 is 0. The molecule has 0 N–H and O–H groups in total. The number of fused-ring (bicyclic) bond motifs is 1. The zero-order chi connectivity index (χ0) is 18.9. The number of carbonyl (C=O) groups excluding carboxylic acids is 1. The fraction of sp³-hybridized carbons (Fsp3) is 0.350. The van der Waals surface area contributed by atoms with Crippen LogP contribution in [0.15, 0.2) is 47.4 Å². The number of carbonyl (C=O) groups is 1. The number of anilines is 1. The van der Waals surface area contributed by atoms with E-state index in [-0.39, 0.29) is 10.8 Å². The van der Waals surface area contributed by atoms with Crippen LogP contribution < -0.4 is 4.90 Å². The van der Waals surface area contributed by atoms with E-state index in [9.17, 15) is 13.2 Å². The first kappa shape index (κ1) is 18.6. The Bertz CT molecular complexity index is 919. The van der Waals surface area contributed by atoms with Gasteiger partial charge in [0.05, 0.1) is 11.3 Å². The third-order valence-corrected chi connectivity index (χ3v) is 6.54. The minimum absolute atomic E-state index is 0.0398. The molecule has 1 aliphatic heterocycles. The van der Waals surface area contributed by atoms with Gasteiger partial charge in [-0.05, 0) is 49.1 Å². The molecule has 2 aromatic rings. The molecule has 26 heavy (non-hydrogen) atoms. The van der Waals surface area contributed by atoms with Crippen LogP contribution in [0.25, 0.3) is 0 Å². The molecule has 1 amide bonds. The van der Waals surface area contributed by atoms with Crippen molar-refractivity contribution in [3.63, 3.8) is 0 Å². The molecule has 0 bridgehead atoms. The Morgan fingerprint density at radius 2 is 1.81 bits per heavy atom. The molecule has 0 aromatic heterocycles. The van der Waals surface area contributed by atoms with Crippen molar-refractivity contribution in [1.29, 1.82) is 0 Å². The van der Waals surface area contributed by atoms with E-state index in [2.05, 4.69) is 0 Å². The third kappa shape index (κ3) is 3.66. The van der Waals surface area contributed by atoms with Crippen LogP contribution in [0.3, 0.4) is 0 Å². The maximum absolute atomic E-state index is 12.8. The lowest BCUT2D eigenvalue weighted by Crippen LogP contribution is -2.36. The molecule has 2 aromatic carbocycles. The predicted molar refractivity (Wildman–Crippen MR) is 103 cm³/mol. The van der Waals surface area contributed by atoms with Gasteiger partial charge in [-0.1, -0.05) is 29.8 Å². The fourth-order valence-corrected chi connectivity index (χ4v) is 4.13. The summed E-state index contributed by atoms with van der Waals surface area (Å²) in [5.74, 6) is 0.0398. The van der Waals surface area contributed by atoms with Gasteiger partial charge in [-0.15, -0.1) is 0 Å². The topological polar surface area (TPSA) is 57.7 Å². The first-order valence-electron chi connectivity index (χ1n) is 8.70. The summed E-state index contributed by atoms with van der Waals surface area (Å²) in [7, 11) is -0.431. The lowest BCUT2D eigenvalue weighted by Gasteiger charge is -2.30. The van der Waals surface area contributed by atoms with Crippen LogP contribution in [0.1, 0.15) is 23.1 Å². The van der Waals surface area contributed by atoms with Gasteiger partial charge >= 0.3 is 0 Å². The molecule has 0 saturated heterocycles. The molecule has 1 heterocycles. The quantitative estimate of drug-likeness (QED) is 0.829. The molecule has 1 aliphatic rings. The van der Waals surface area contributed by atoms with Crippen molar-refractivity contribution in [2.24, 2.45) is 0 Å². The Hall–Kier alpha value is -2.18. The molecule has 6 heteroatoms. The summed E-state index contributed by atoms with van der Waals surface area (Å²) in [6.07, 6.45) is 1.95. The highest BCUT2D eigenvalue weighted by molar-refractivity contribution is 7.89. The first-order valence-corrected chi connectivity index (χ1v) is 10.1. The molecule has 0 saturated carbocycles. The fourth-order valence-electron chi connectivity index (χ4n) is 3.18. The molecule has 0 aliphatic carbocycles. The van der Waals surface area contributed by atoms with E-state index in [1.165, 1.54) is 24.0 Å². The van der Waals surface area contributed by atoms with Crippen molar-refractivity contribution >= 4 is 21.6 Å². The molecule has 0 spiro atoms. The van der Waals surface area contributed by atoms with E-state index < -0.39 is 10.0 Å². The third-order valence-electron chi connectivity index (χ3n) is 4.73. The van der Waals surface area contributed by atoms with Gasteiger partial charge < -0.3 is 4.90 Å². The Morgan fingerprint density at radius 1 is 1.12 bits per heavy atom. The van der Waals surface area contributed by atoms with Crippen molar-refractivity contribution in [3.8, 4) is 0 Å². The van der Waals surface area contributed by atoms with Gasteiger partial charge in [0.25, 0.3) is 0 Å². The number of rotatable bonds is 4. The van der Waals surface area contributed by atoms with Crippen LogP contribution in [0.2, 0.25) is 0 Å². The molecule has 0 radical (unpaired) electrons. The van der Waals surface area contributed by atoms with Crippen LogP contribution in [-0.4, -0.2) is 39.3 Å². The maximum Gasteiger partial charge on any atom is 0.242 e. The van der Waals surface area contributed by atoms with Crippen molar-refractivity contribution < 1.29 is 13.2 Å². The number of sulfonamides is 1. The van der Waals surface area contributed by atoms with Crippen LogP contribution in [-0.2, 0) is 27.7 Å². The lowest BCUT2D eigenvalue weighted by molar-refractivity contribution is -0.118. The highest BCUT2D eigenvalue weighted by Crippen LogP contribution is 2.30. The van der Waals surface area contributed by atoms with Crippen molar-refractivity contribution in [1.82, 2.24) is 4.31 Å². The van der Waals surface area contributed by atoms with Crippen molar-refractivity contribution in [3.05, 3.63) is 59.2 Å². The summed E-state index contributed by atoms with van der Waals surface area (Å²) in [6, 6.07) is 13.0. The second kappa shape index (κ2) is 7.21. The normalized spacial score (nSPS) is 14.4. The van der Waals surface area contributed by atoms with Gasteiger partial charge in [-0.3, -0.25) is 4.79 Å². The molecular weight excluding hydrogens is 348 g/mol. The minimum Gasteiger partial charge on any atom is -0.312 e. The highest BCUT2D eigenvalue weighted by atomic mass is 32.2. The molecule has 0 unspecified atom stereocenters. The monoisotopic (exact) mass is 372 g/mol. The minimum atomic E-state index is -3.47. The number of aryl methyl sites for hydroxylation is 2. The van der Waals surface area contributed by atoms with Crippen LogP contribution in [0.5, 0.6) is 0 Å². The first-order chi connectivity index (χ1) is 12.3. The SMILES string of the molecule is Cc1ccc(CC(=O)N2CCCc3cc(S(=O)(=O)N(C)C)ccc32)cc1. The molecule has 3 rings (SSSR count). The average molecular weight is 372 g/mol. The van der Waals surface area contributed by atoms with Crippen LogP contribution >= 0.6 is 0 Å². The zero-order valence-electron chi connectivity index (χ0n) is 15.4. The van der Waals surface area contributed by atoms with Gasteiger partial charge in [0, 0.05) is 26.3 Å². The smallest absolute Gasteiger partial charge is 0.242 e. The molecule has 0 atom stereocenters. The summed E-state index contributed by atoms with van der Waals surface area (Å²) in [4.78, 5) is 14.9. The van der Waals surface area contributed by atoms with Crippen molar-refractivity contribution in [2.45, 2.75) is 31.1 Å². The second-order valence-electron chi connectivity index (χ2n) is 6.89. The van der Waals surface area contributed by atoms with Gasteiger partial charge in [-0.25, -0.2) is 12.7 Å². The predicted octanol–water partition coefficient (Wildman–Crippen LogP) is 2.77. The Labute approximate surface area is 155 Å². The second-order valence-corrected chi connectivity index (χ2v) is 9.04. The Balaban J connectivity index is 1.87. The van der Waals surface area contributed by atoms with Crippen LogP contribution in [0.4, 0.5) is 5.69 Å². The molecule has 138 valence electrons. The maximum atomic E-state index is 12.8. The highest BCUT2D eigenvalue weighted by Gasteiger charge is 2.25. The lowest BCUT2D eigenvalue weighted by atomic mass is 10.0. The number of benzene rings is 2. The Kier molecular flexibility index (Phi) is 5.16. The number of nitrogens with zero attached hydrogens (tertiary/aromatic N) is 2. The average Bonchev–Trinajstić information content (AvgIpc) is 2.62. The standard InChI is InChI=1S/C20H24N2O3S/c1-15-6-8-16(9-7-15)13-20(23)22-12-4-5-17-14-18(10-11-19(17)22)26(24,25)21(2)3/h6-11,14H,4-5,12-13H2,1-3H3. The number of hydrogen-bond acceptors (Lipinski definition) is 3.